The van der Waals surface area contributed by atoms with Crippen LogP contribution in [0.5, 0.6) is 17.2 Å². The van der Waals surface area contributed by atoms with E-state index < -0.39 is 0 Å². The first-order valence-electron chi connectivity index (χ1n) is 11.5. The molecule has 4 nitrogen and oxygen atoms in total. The van der Waals surface area contributed by atoms with Crippen molar-refractivity contribution in [3.8, 4) is 17.2 Å². The van der Waals surface area contributed by atoms with Crippen molar-refractivity contribution in [3.63, 3.8) is 0 Å². The van der Waals surface area contributed by atoms with Gasteiger partial charge in [0.2, 0.25) is 0 Å². The molecule has 0 amide bonds. The molecule has 1 saturated heterocycles. The fourth-order valence-corrected chi connectivity index (χ4v) is 5.86. The van der Waals surface area contributed by atoms with Gasteiger partial charge < -0.3 is 9.47 Å². The molecule has 4 aromatic carbocycles. The maximum atomic E-state index is 5.86. The standard InChI is InChI=1S/C29H27O4S/c1-3-9-26(10-4-1)34(27-11-5-2-6-12-27)28-20-18-25(19-21-28)33-32-24-16-14-23(15-17-24)31-29-13-7-8-22-30-29/h1-6,9-12,14-21,29H,7-8,13,22H2/q+1. The summed E-state index contributed by atoms with van der Waals surface area (Å²) < 4.78 is 11.5. The summed E-state index contributed by atoms with van der Waals surface area (Å²) in [5, 5.41) is 0. The highest BCUT2D eigenvalue weighted by atomic mass is 32.2. The summed E-state index contributed by atoms with van der Waals surface area (Å²) in [5.74, 6) is 2.01. The molecule has 1 aliphatic heterocycles. The van der Waals surface area contributed by atoms with E-state index in [9.17, 15) is 0 Å². The Kier molecular flexibility index (Phi) is 7.34. The molecule has 0 N–H and O–H groups in total. The third-order valence-corrected chi connectivity index (χ3v) is 7.71. The van der Waals surface area contributed by atoms with Crippen molar-refractivity contribution in [2.75, 3.05) is 6.61 Å². The molecule has 1 unspecified atom stereocenters. The van der Waals surface area contributed by atoms with Gasteiger partial charge in [0.25, 0.3) is 0 Å². The number of hydrogen-bond donors (Lipinski definition) is 0. The van der Waals surface area contributed by atoms with Crippen molar-refractivity contribution in [1.82, 2.24) is 0 Å². The Morgan fingerprint density at radius 1 is 0.559 bits per heavy atom. The summed E-state index contributed by atoms with van der Waals surface area (Å²) in [6, 6.07) is 36.6. The molecule has 4 aromatic rings. The Morgan fingerprint density at radius 2 is 1.06 bits per heavy atom. The van der Waals surface area contributed by atoms with E-state index in [-0.39, 0.29) is 17.2 Å². The molecule has 0 spiro atoms. The molecule has 1 fully saturated rings. The molecule has 5 heteroatoms. The Bertz CT molecular complexity index is 1100. The zero-order chi connectivity index (χ0) is 23.0. The topological polar surface area (TPSA) is 36.9 Å². The van der Waals surface area contributed by atoms with Crippen molar-refractivity contribution < 1.29 is 19.2 Å². The second-order valence-electron chi connectivity index (χ2n) is 7.96. The quantitative estimate of drug-likeness (QED) is 0.157. The predicted octanol–water partition coefficient (Wildman–Crippen LogP) is 7.06. The number of ether oxygens (including phenoxy) is 2. The van der Waals surface area contributed by atoms with Crippen molar-refractivity contribution in [3.05, 3.63) is 109 Å². The Hall–Kier alpha value is -3.41. The fourth-order valence-electron chi connectivity index (χ4n) is 3.78. The van der Waals surface area contributed by atoms with E-state index in [0.717, 1.165) is 31.6 Å². The Balaban J connectivity index is 1.23. The molecule has 5 rings (SSSR count). The minimum absolute atomic E-state index is 0.161. The smallest absolute Gasteiger partial charge is 0.199 e. The van der Waals surface area contributed by atoms with Crippen LogP contribution in [0, 0.1) is 0 Å². The van der Waals surface area contributed by atoms with Gasteiger partial charge in [-0.15, -0.1) is 0 Å². The van der Waals surface area contributed by atoms with Crippen LogP contribution in [0.2, 0.25) is 0 Å². The lowest BCUT2D eigenvalue weighted by molar-refractivity contribution is -0.106. The molecule has 1 heterocycles. The number of rotatable bonds is 8. The molecular weight excluding hydrogens is 444 g/mol. The van der Waals surface area contributed by atoms with Gasteiger partial charge in [0.05, 0.1) is 17.5 Å². The van der Waals surface area contributed by atoms with Gasteiger partial charge in [0.1, 0.15) is 5.75 Å². The molecule has 34 heavy (non-hydrogen) atoms. The van der Waals surface area contributed by atoms with E-state index in [1.54, 1.807) is 0 Å². The highest BCUT2D eigenvalue weighted by molar-refractivity contribution is 7.97. The Labute approximate surface area is 203 Å². The van der Waals surface area contributed by atoms with Gasteiger partial charge in [0, 0.05) is 6.42 Å². The highest BCUT2D eigenvalue weighted by Crippen LogP contribution is 2.32. The SMILES string of the molecule is c1ccc([S+](c2ccccc2)c2ccc(OOc3ccc(OC4CCCCO4)cc3)cc2)cc1. The molecule has 1 aliphatic rings. The lowest BCUT2D eigenvalue weighted by atomic mass is 10.2. The van der Waals surface area contributed by atoms with Gasteiger partial charge in [-0.25, -0.2) is 0 Å². The van der Waals surface area contributed by atoms with Crippen molar-refractivity contribution in [2.45, 2.75) is 40.2 Å². The van der Waals surface area contributed by atoms with Crippen molar-refractivity contribution >= 4 is 10.9 Å². The molecule has 0 aliphatic carbocycles. The maximum absolute atomic E-state index is 5.86. The summed E-state index contributed by atoms with van der Waals surface area (Å²) in [5.41, 5.74) is 0. The third kappa shape index (κ3) is 5.74. The zero-order valence-electron chi connectivity index (χ0n) is 18.8. The second kappa shape index (κ2) is 11.1. The normalized spacial score (nSPS) is 15.6. The van der Waals surface area contributed by atoms with Crippen molar-refractivity contribution in [2.24, 2.45) is 0 Å². The van der Waals surface area contributed by atoms with Crippen molar-refractivity contribution in [1.29, 1.82) is 0 Å². The molecule has 0 saturated carbocycles. The van der Waals surface area contributed by atoms with Gasteiger partial charge in [0.15, 0.2) is 32.5 Å². The number of hydrogen-bond acceptors (Lipinski definition) is 4. The van der Waals surface area contributed by atoms with E-state index in [0.29, 0.717) is 11.5 Å². The van der Waals surface area contributed by atoms with E-state index in [1.807, 2.05) is 48.5 Å². The highest BCUT2D eigenvalue weighted by Gasteiger charge is 2.28. The van der Waals surface area contributed by atoms with E-state index in [2.05, 4.69) is 60.7 Å². The molecule has 0 aromatic heterocycles. The van der Waals surface area contributed by atoms with E-state index >= 15 is 0 Å². The van der Waals surface area contributed by atoms with Crippen LogP contribution < -0.4 is 14.5 Å². The molecular formula is C29H27O4S+. The maximum Gasteiger partial charge on any atom is 0.199 e. The third-order valence-electron chi connectivity index (χ3n) is 5.48. The van der Waals surface area contributed by atoms with Gasteiger partial charge in [-0.3, -0.25) is 9.78 Å². The van der Waals surface area contributed by atoms with Crippen LogP contribution >= 0.6 is 0 Å². The second-order valence-corrected chi connectivity index (χ2v) is 9.98. The average Bonchev–Trinajstić information content (AvgIpc) is 2.91. The van der Waals surface area contributed by atoms with Crippen LogP contribution in [0.25, 0.3) is 0 Å². The predicted molar refractivity (Wildman–Crippen MR) is 133 cm³/mol. The minimum atomic E-state index is -0.189. The minimum Gasteiger partial charge on any atom is -0.465 e. The summed E-state index contributed by atoms with van der Waals surface area (Å²) in [7, 11) is -0.189. The lowest BCUT2D eigenvalue weighted by Gasteiger charge is -2.23. The summed E-state index contributed by atoms with van der Waals surface area (Å²) in [6.07, 6.45) is 3.00. The van der Waals surface area contributed by atoms with Gasteiger partial charge >= 0.3 is 0 Å². The monoisotopic (exact) mass is 471 g/mol. The number of benzene rings is 4. The van der Waals surface area contributed by atoms with Crippen LogP contribution in [-0.4, -0.2) is 12.9 Å². The Morgan fingerprint density at radius 3 is 1.59 bits per heavy atom. The zero-order valence-corrected chi connectivity index (χ0v) is 19.7. The first kappa shape index (κ1) is 22.4. The summed E-state index contributed by atoms with van der Waals surface area (Å²) >= 11 is 0. The first-order valence-corrected chi connectivity index (χ1v) is 12.7. The molecule has 0 radical (unpaired) electrons. The first-order chi connectivity index (χ1) is 16.8. The van der Waals surface area contributed by atoms with Crippen LogP contribution in [-0.2, 0) is 15.6 Å². The summed E-state index contributed by atoms with van der Waals surface area (Å²) in [6.45, 7) is 0.760. The van der Waals surface area contributed by atoms with Crippen LogP contribution in [0.3, 0.4) is 0 Å². The summed E-state index contributed by atoms with van der Waals surface area (Å²) in [4.78, 5) is 14.9. The molecule has 0 bridgehead atoms. The van der Waals surface area contributed by atoms with Crippen LogP contribution in [0.4, 0.5) is 0 Å². The lowest BCUT2D eigenvalue weighted by Crippen LogP contribution is -2.24. The van der Waals surface area contributed by atoms with Crippen LogP contribution in [0.1, 0.15) is 19.3 Å². The van der Waals surface area contributed by atoms with Gasteiger partial charge in [-0.1, -0.05) is 36.4 Å². The fraction of sp³-hybridized carbons (Fsp3) is 0.172. The van der Waals surface area contributed by atoms with E-state index in [1.165, 1.54) is 14.7 Å². The molecule has 172 valence electrons. The van der Waals surface area contributed by atoms with Gasteiger partial charge in [-0.05, 0) is 85.6 Å². The van der Waals surface area contributed by atoms with E-state index in [4.69, 9.17) is 19.2 Å². The van der Waals surface area contributed by atoms with Gasteiger partial charge in [-0.2, -0.15) is 0 Å². The average molecular weight is 472 g/mol. The van der Waals surface area contributed by atoms with Crippen LogP contribution in [0.15, 0.2) is 124 Å². The molecule has 1 atom stereocenters. The largest absolute Gasteiger partial charge is 0.465 e.